The fourth-order valence-corrected chi connectivity index (χ4v) is 2.91. The summed E-state index contributed by atoms with van der Waals surface area (Å²) in [6.45, 7) is 3.78. The van der Waals surface area contributed by atoms with Crippen LogP contribution in [-0.4, -0.2) is 0 Å². The normalized spacial score (nSPS) is 17.8. The molecule has 1 atom stereocenters. The van der Waals surface area contributed by atoms with Gasteiger partial charge in [-0.05, 0) is 59.6 Å². The summed E-state index contributed by atoms with van der Waals surface area (Å²) in [7, 11) is 0. The zero-order chi connectivity index (χ0) is 13.2. The van der Waals surface area contributed by atoms with E-state index in [1.807, 2.05) is 12.1 Å². The molecule has 3 rings (SSSR count). The molecule has 2 aromatic rings. The molecule has 0 heterocycles. The van der Waals surface area contributed by atoms with E-state index in [4.69, 9.17) is 0 Å². The van der Waals surface area contributed by atoms with Crippen LogP contribution in [0.3, 0.4) is 0 Å². The van der Waals surface area contributed by atoms with Gasteiger partial charge in [0.25, 0.3) is 0 Å². The summed E-state index contributed by atoms with van der Waals surface area (Å²) in [6.07, 6.45) is 4.95. The largest absolute Gasteiger partial charge is 0.207 e. The van der Waals surface area contributed by atoms with E-state index in [9.17, 15) is 4.39 Å². The molecule has 1 heteroatoms. The lowest BCUT2D eigenvalue weighted by atomic mass is 9.80. The van der Waals surface area contributed by atoms with Gasteiger partial charge in [-0.25, -0.2) is 4.39 Å². The maximum absolute atomic E-state index is 13.2. The molecule has 0 fully saturated rings. The van der Waals surface area contributed by atoms with Crippen molar-refractivity contribution >= 4 is 6.08 Å². The molecular formula is C18H17F. The van der Waals surface area contributed by atoms with Gasteiger partial charge in [-0.1, -0.05) is 43.0 Å². The van der Waals surface area contributed by atoms with Crippen LogP contribution in [0.2, 0.25) is 0 Å². The molecule has 1 aliphatic carbocycles. The summed E-state index contributed by atoms with van der Waals surface area (Å²) < 4.78 is 13.2. The molecule has 0 bridgehead atoms. The lowest BCUT2D eigenvalue weighted by Gasteiger charge is -2.25. The molecule has 0 amide bonds. The molecule has 0 aliphatic heterocycles. The summed E-state index contributed by atoms with van der Waals surface area (Å²) in [6, 6.07) is 13.8. The maximum atomic E-state index is 13.2. The van der Waals surface area contributed by atoms with Gasteiger partial charge in [0, 0.05) is 0 Å². The fraction of sp³-hybridized carbons (Fsp3) is 0.222. The Morgan fingerprint density at radius 1 is 1.05 bits per heavy atom. The van der Waals surface area contributed by atoms with Crippen molar-refractivity contribution in [3.05, 3.63) is 77.1 Å². The quantitative estimate of drug-likeness (QED) is 0.724. The first-order valence-electron chi connectivity index (χ1n) is 6.76. The van der Waals surface area contributed by atoms with E-state index < -0.39 is 0 Å². The van der Waals surface area contributed by atoms with Gasteiger partial charge in [-0.2, -0.15) is 0 Å². The zero-order valence-corrected chi connectivity index (χ0v) is 10.9. The molecule has 0 spiro atoms. The Labute approximate surface area is 113 Å². The van der Waals surface area contributed by atoms with Gasteiger partial charge in [0.05, 0.1) is 0 Å². The second-order valence-corrected chi connectivity index (χ2v) is 5.22. The standard InChI is InChI=1S/C18H17F/c1-2-13-3-5-14(6-4-13)15-7-8-17-12-18(19)10-9-16(17)11-15/h2-6,9-10,12,15H,1,7-8,11H2. The van der Waals surface area contributed by atoms with Crippen LogP contribution < -0.4 is 0 Å². The van der Waals surface area contributed by atoms with Gasteiger partial charge in [-0.15, -0.1) is 0 Å². The number of halogens is 1. The zero-order valence-electron chi connectivity index (χ0n) is 10.9. The monoisotopic (exact) mass is 252 g/mol. The van der Waals surface area contributed by atoms with E-state index in [0.717, 1.165) is 24.8 Å². The minimum atomic E-state index is -0.118. The molecule has 1 aliphatic rings. The van der Waals surface area contributed by atoms with Gasteiger partial charge >= 0.3 is 0 Å². The van der Waals surface area contributed by atoms with Crippen molar-refractivity contribution in [2.75, 3.05) is 0 Å². The van der Waals surface area contributed by atoms with E-state index in [-0.39, 0.29) is 5.82 Å². The molecule has 0 nitrogen and oxygen atoms in total. The average molecular weight is 252 g/mol. The fourth-order valence-electron chi connectivity index (χ4n) is 2.91. The molecule has 19 heavy (non-hydrogen) atoms. The highest BCUT2D eigenvalue weighted by atomic mass is 19.1. The topological polar surface area (TPSA) is 0 Å². The van der Waals surface area contributed by atoms with Gasteiger partial charge in [0.2, 0.25) is 0 Å². The Kier molecular flexibility index (Phi) is 3.20. The molecule has 1 unspecified atom stereocenters. The summed E-state index contributed by atoms with van der Waals surface area (Å²) in [5.41, 5.74) is 5.01. The minimum Gasteiger partial charge on any atom is -0.207 e. The molecular weight excluding hydrogens is 235 g/mol. The van der Waals surface area contributed by atoms with Crippen LogP contribution >= 0.6 is 0 Å². The maximum Gasteiger partial charge on any atom is 0.123 e. The molecule has 0 radical (unpaired) electrons. The van der Waals surface area contributed by atoms with Crippen molar-refractivity contribution in [1.82, 2.24) is 0 Å². The first kappa shape index (κ1) is 12.2. The molecule has 2 aromatic carbocycles. The van der Waals surface area contributed by atoms with Crippen molar-refractivity contribution < 1.29 is 4.39 Å². The molecule has 0 saturated heterocycles. The third-order valence-corrected chi connectivity index (χ3v) is 4.04. The predicted octanol–water partition coefficient (Wildman–Crippen LogP) is 4.74. The predicted molar refractivity (Wildman–Crippen MR) is 77.7 cm³/mol. The Morgan fingerprint density at radius 2 is 1.84 bits per heavy atom. The molecule has 96 valence electrons. The highest BCUT2D eigenvalue weighted by molar-refractivity contribution is 5.48. The number of fused-ring (bicyclic) bond motifs is 1. The Hall–Kier alpha value is -1.89. The minimum absolute atomic E-state index is 0.118. The van der Waals surface area contributed by atoms with E-state index in [1.165, 1.54) is 16.7 Å². The third-order valence-electron chi connectivity index (χ3n) is 4.04. The second kappa shape index (κ2) is 5.00. The van der Waals surface area contributed by atoms with Crippen LogP contribution in [0.1, 0.15) is 34.6 Å². The summed E-state index contributed by atoms with van der Waals surface area (Å²) in [4.78, 5) is 0. The summed E-state index contributed by atoms with van der Waals surface area (Å²) in [5, 5.41) is 0. The summed E-state index contributed by atoms with van der Waals surface area (Å²) in [5.74, 6) is 0.435. The van der Waals surface area contributed by atoms with Crippen molar-refractivity contribution in [3.63, 3.8) is 0 Å². The van der Waals surface area contributed by atoms with Crippen LogP contribution in [0.15, 0.2) is 49.0 Å². The van der Waals surface area contributed by atoms with Crippen molar-refractivity contribution in [3.8, 4) is 0 Å². The van der Waals surface area contributed by atoms with E-state index in [1.54, 1.807) is 12.1 Å². The smallest absolute Gasteiger partial charge is 0.123 e. The van der Waals surface area contributed by atoms with Crippen LogP contribution in [0, 0.1) is 5.82 Å². The van der Waals surface area contributed by atoms with Crippen molar-refractivity contribution in [1.29, 1.82) is 0 Å². The number of hydrogen-bond donors (Lipinski definition) is 0. The first-order valence-corrected chi connectivity index (χ1v) is 6.76. The van der Waals surface area contributed by atoms with Gasteiger partial charge in [0.15, 0.2) is 0 Å². The van der Waals surface area contributed by atoms with Gasteiger partial charge in [-0.3, -0.25) is 0 Å². The van der Waals surface area contributed by atoms with E-state index in [2.05, 4.69) is 30.8 Å². The van der Waals surface area contributed by atoms with Gasteiger partial charge in [0.1, 0.15) is 5.82 Å². The number of rotatable bonds is 2. The van der Waals surface area contributed by atoms with Crippen molar-refractivity contribution in [2.45, 2.75) is 25.2 Å². The number of aryl methyl sites for hydroxylation is 1. The highest BCUT2D eigenvalue weighted by Gasteiger charge is 2.20. The molecule has 0 aromatic heterocycles. The number of benzene rings is 2. The Morgan fingerprint density at radius 3 is 2.58 bits per heavy atom. The molecule has 0 saturated carbocycles. The van der Waals surface area contributed by atoms with Crippen LogP contribution in [0.5, 0.6) is 0 Å². The SMILES string of the molecule is C=Cc1ccc(C2CCc3cc(F)ccc3C2)cc1. The van der Waals surface area contributed by atoms with Crippen LogP contribution in [-0.2, 0) is 12.8 Å². The summed E-state index contributed by atoms with van der Waals surface area (Å²) >= 11 is 0. The highest BCUT2D eigenvalue weighted by Crippen LogP contribution is 2.33. The van der Waals surface area contributed by atoms with E-state index in [0.29, 0.717) is 5.92 Å². The Balaban J connectivity index is 1.84. The van der Waals surface area contributed by atoms with Crippen molar-refractivity contribution in [2.24, 2.45) is 0 Å². The lowest BCUT2D eigenvalue weighted by molar-refractivity contribution is 0.572. The lowest BCUT2D eigenvalue weighted by Crippen LogP contribution is -2.13. The van der Waals surface area contributed by atoms with Crippen LogP contribution in [0.25, 0.3) is 6.08 Å². The van der Waals surface area contributed by atoms with Gasteiger partial charge < -0.3 is 0 Å². The third kappa shape index (κ3) is 2.46. The van der Waals surface area contributed by atoms with Crippen LogP contribution in [0.4, 0.5) is 4.39 Å². The second-order valence-electron chi connectivity index (χ2n) is 5.22. The van der Waals surface area contributed by atoms with E-state index >= 15 is 0 Å². The first-order chi connectivity index (χ1) is 9.26. The number of hydrogen-bond acceptors (Lipinski definition) is 0. The Bertz CT molecular complexity index is 596. The average Bonchev–Trinajstić information content (AvgIpc) is 2.47. The molecule has 0 N–H and O–H groups in total.